The lowest BCUT2D eigenvalue weighted by Gasteiger charge is -2.16. The van der Waals surface area contributed by atoms with Gasteiger partial charge < -0.3 is 9.47 Å². The largest absolute Gasteiger partial charge is 0.497 e. The van der Waals surface area contributed by atoms with Crippen LogP contribution in [0.25, 0.3) is 0 Å². The molecule has 1 aromatic carbocycles. The minimum absolute atomic E-state index is 0.136. The Hall–Kier alpha value is -0.540. The maximum absolute atomic E-state index is 5.94. The molecule has 0 aliphatic carbocycles. The van der Waals surface area contributed by atoms with Gasteiger partial charge in [0.2, 0.25) is 0 Å². The van der Waals surface area contributed by atoms with Crippen molar-refractivity contribution in [2.24, 2.45) is 0 Å². The van der Waals surface area contributed by atoms with E-state index in [1.165, 1.54) is 31.2 Å². The van der Waals surface area contributed by atoms with Gasteiger partial charge >= 0.3 is 0 Å². The second kappa shape index (κ2) is 10.3. The summed E-state index contributed by atoms with van der Waals surface area (Å²) in [6.45, 7) is 3.08. The number of ether oxygens (including phenoxy) is 2. The summed E-state index contributed by atoms with van der Waals surface area (Å²) in [5, 5.41) is 0.828. The van der Waals surface area contributed by atoms with Gasteiger partial charge in [0.05, 0.1) is 13.2 Å². The molecular formula is C16H25BrO2. The molecule has 0 radical (unpaired) electrons. The summed E-state index contributed by atoms with van der Waals surface area (Å²) in [7, 11) is 1.68. The average Bonchev–Trinajstić information content (AvgIpc) is 2.47. The van der Waals surface area contributed by atoms with E-state index in [4.69, 9.17) is 9.47 Å². The van der Waals surface area contributed by atoms with Crippen molar-refractivity contribution in [3.05, 3.63) is 29.8 Å². The normalized spacial score (nSPS) is 12.4. The van der Waals surface area contributed by atoms with Crippen LogP contribution in [-0.2, 0) is 4.74 Å². The van der Waals surface area contributed by atoms with E-state index in [2.05, 4.69) is 35.0 Å². The average molecular weight is 329 g/mol. The highest BCUT2D eigenvalue weighted by atomic mass is 79.9. The molecule has 1 unspecified atom stereocenters. The Labute approximate surface area is 125 Å². The van der Waals surface area contributed by atoms with Gasteiger partial charge in [0.25, 0.3) is 0 Å². The molecular weight excluding hydrogens is 304 g/mol. The number of methoxy groups -OCH3 is 1. The first-order chi connectivity index (χ1) is 9.31. The van der Waals surface area contributed by atoms with Gasteiger partial charge in [0, 0.05) is 11.9 Å². The van der Waals surface area contributed by atoms with Crippen molar-refractivity contribution in [2.45, 2.75) is 45.1 Å². The van der Waals surface area contributed by atoms with E-state index in [1.54, 1.807) is 7.11 Å². The standard InChI is InChI=1S/C16H25BrO2/c1-3-4-5-6-7-12-19-16(13-17)14-8-10-15(18-2)11-9-14/h8-11,16H,3-7,12-13H2,1-2H3. The fourth-order valence-electron chi connectivity index (χ4n) is 1.98. The van der Waals surface area contributed by atoms with Crippen LogP contribution in [0.2, 0.25) is 0 Å². The number of halogens is 1. The Morgan fingerprint density at radius 2 is 1.74 bits per heavy atom. The van der Waals surface area contributed by atoms with E-state index < -0.39 is 0 Å². The molecule has 0 saturated heterocycles. The van der Waals surface area contributed by atoms with Crippen LogP contribution in [0.15, 0.2) is 24.3 Å². The molecule has 0 spiro atoms. The van der Waals surface area contributed by atoms with Crippen LogP contribution in [0, 0.1) is 0 Å². The molecule has 0 fully saturated rings. The zero-order valence-electron chi connectivity index (χ0n) is 12.0. The lowest BCUT2D eigenvalue weighted by Crippen LogP contribution is -2.07. The first kappa shape index (κ1) is 16.5. The lowest BCUT2D eigenvalue weighted by atomic mass is 10.1. The molecule has 0 saturated carbocycles. The van der Waals surface area contributed by atoms with E-state index in [-0.39, 0.29) is 6.10 Å². The third kappa shape index (κ3) is 6.44. The fourth-order valence-corrected chi connectivity index (χ4v) is 2.54. The predicted molar refractivity (Wildman–Crippen MR) is 84.2 cm³/mol. The van der Waals surface area contributed by atoms with Crippen LogP contribution in [-0.4, -0.2) is 19.0 Å². The van der Waals surface area contributed by atoms with Crippen LogP contribution in [0.4, 0.5) is 0 Å². The minimum Gasteiger partial charge on any atom is -0.497 e. The predicted octanol–water partition coefficient (Wildman–Crippen LogP) is 5.12. The van der Waals surface area contributed by atoms with Gasteiger partial charge in [-0.3, -0.25) is 0 Å². The van der Waals surface area contributed by atoms with Gasteiger partial charge in [-0.25, -0.2) is 0 Å². The number of alkyl halides is 1. The lowest BCUT2D eigenvalue weighted by molar-refractivity contribution is 0.0667. The van der Waals surface area contributed by atoms with E-state index in [0.29, 0.717) is 0 Å². The zero-order chi connectivity index (χ0) is 13.9. The molecule has 0 aliphatic rings. The van der Waals surface area contributed by atoms with Crippen molar-refractivity contribution in [2.75, 3.05) is 19.0 Å². The summed E-state index contributed by atoms with van der Waals surface area (Å²) in [4.78, 5) is 0. The first-order valence-corrected chi connectivity index (χ1v) is 8.25. The summed E-state index contributed by atoms with van der Waals surface area (Å²) in [5.41, 5.74) is 1.20. The highest BCUT2D eigenvalue weighted by molar-refractivity contribution is 9.09. The van der Waals surface area contributed by atoms with Gasteiger partial charge in [-0.2, -0.15) is 0 Å². The number of unbranched alkanes of at least 4 members (excludes halogenated alkanes) is 4. The summed E-state index contributed by atoms with van der Waals surface area (Å²) < 4.78 is 11.1. The minimum atomic E-state index is 0.136. The molecule has 0 aliphatic heterocycles. The summed E-state index contributed by atoms with van der Waals surface area (Å²) >= 11 is 3.53. The van der Waals surface area contributed by atoms with Crippen molar-refractivity contribution in [1.82, 2.24) is 0 Å². The van der Waals surface area contributed by atoms with Crippen molar-refractivity contribution in [3.63, 3.8) is 0 Å². The van der Waals surface area contributed by atoms with Crippen LogP contribution in [0.5, 0.6) is 5.75 Å². The molecule has 0 aromatic heterocycles. The smallest absolute Gasteiger partial charge is 0.118 e. The number of hydrogen-bond donors (Lipinski definition) is 0. The molecule has 19 heavy (non-hydrogen) atoms. The third-order valence-electron chi connectivity index (χ3n) is 3.19. The van der Waals surface area contributed by atoms with Crippen LogP contribution in [0.1, 0.15) is 50.7 Å². The molecule has 0 bridgehead atoms. The van der Waals surface area contributed by atoms with Gasteiger partial charge in [0.15, 0.2) is 0 Å². The van der Waals surface area contributed by atoms with Gasteiger partial charge in [0.1, 0.15) is 5.75 Å². The van der Waals surface area contributed by atoms with Crippen LogP contribution in [0.3, 0.4) is 0 Å². The van der Waals surface area contributed by atoms with E-state index in [1.807, 2.05) is 12.1 Å². The van der Waals surface area contributed by atoms with Crippen molar-refractivity contribution < 1.29 is 9.47 Å². The molecule has 0 N–H and O–H groups in total. The molecule has 1 rings (SSSR count). The summed E-state index contributed by atoms with van der Waals surface area (Å²) in [6, 6.07) is 8.11. The Morgan fingerprint density at radius 3 is 2.32 bits per heavy atom. The van der Waals surface area contributed by atoms with Crippen molar-refractivity contribution >= 4 is 15.9 Å². The van der Waals surface area contributed by atoms with E-state index in [9.17, 15) is 0 Å². The Bertz CT molecular complexity index is 324. The molecule has 0 heterocycles. The highest BCUT2D eigenvalue weighted by Crippen LogP contribution is 2.22. The van der Waals surface area contributed by atoms with E-state index in [0.717, 1.165) is 24.1 Å². The fraction of sp³-hybridized carbons (Fsp3) is 0.625. The summed E-state index contributed by atoms with van der Waals surface area (Å²) in [6.07, 6.45) is 6.50. The molecule has 1 aromatic rings. The first-order valence-electron chi connectivity index (χ1n) is 7.13. The molecule has 3 heteroatoms. The maximum Gasteiger partial charge on any atom is 0.118 e. The van der Waals surface area contributed by atoms with Crippen LogP contribution < -0.4 is 4.74 Å². The number of rotatable bonds is 10. The Morgan fingerprint density at radius 1 is 1.05 bits per heavy atom. The second-order valence-corrected chi connectivity index (χ2v) is 5.35. The Kier molecular flexibility index (Phi) is 8.93. The van der Waals surface area contributed by atoms with Gasteiger partial charge in [-0.15, -0.1) is 0 Å². The third-order valence-corrected chi connectivity index (χ3v) is 3.78. The van der Waals surface area contributed by atoms with E-state index >= 15 is 0 Å². The second-order valence-electron chi connectivity index (χ2n) is 4.70. The molecule has 1 atom stereocenters. The molecule has 2 nitrogen and oxygen atoms in total. The Balaban J connectivity index is 2.31. The SMILES string of the molecule is CCCCCCCOC(CBr)c1ccc(OC)cc1. The van der Waals surface area contributed by atoms with Crippen molar-refractivity contribution in [3.8, 4) is 5.75 Å². The topological polar surface area (TPSA) is 18.5 Å². The van der Waals surface area contributed by atoms with Crippen LogP contribution >= 0.6 is 15.9 Å². The molecule has 108 valence electrons. The van der Waals surface area contributed by atoms with Gasteiger partial charge in [-0.1, -0.05) is 60.7 Å². The zero-order valence-corrected chi connectivity index (χ0v) is 13.6. The summed E-state index contributed by atoms with van der Waals surface area (Å²) in [5.74, 6) is 0.886. The quantitative estimate of drug-likeness (QED) is 0.438. The van der Waals surface area contributed by atoms with Gasteiger partial charge in [-0.05, 0) is 24.1 Å². The monoisotopic (exact) mass is 328 g/mol. The number of benzene rings is 1. The van der Waals surface area contributed by atoms with Crippen molar-refractivity contribution in [1.29, 1.82) is 0 Å². The molecule has 0 amide bonds. The highest BCUT2D eigenvalue weighted by Gasteiger charge is 2.10. The number of hydrogen-bond acceptors (Lipinski definition) is 2. The maximum atomic E-state index is 5.94.